The van der Waals surface area contributed by atoms with Gasteiger partial charge in [0.15, 0.2) is 0 Å². The second-order valence-electron chi connectivity index (χ2n) is 4.65. The lowest BCUT2D eigenvalue weighted by molar-refractivity contribution is -0.915. The van der Waals surface area contributed by atoms with Gasteiger partial charge in [0, 0.05) is 13.1 Å². The van der Waals surface area contributed by atoms with Gasteiger partial charge in [-0.3, -0.25) is 4.90 Å². The van der Waals surface area contributed by atoms with E-state index in [4.69, 9.17) is 0 Å². The van der Waals surface area contributed by atoms with Crippen molar-refractivity contribution in [1.82, 2.24) is 4.90 Å². The predicted molar refractivity (Wildman–Crippen MR) is 54.8 cm³/mol. The van der Waals surface area contributed by atoms with Crippen molar-refractivity contribution in [2.24, 2.45) is 0 Å². The summed E-state index contributed by atoms with van der Waals surface area (Å²) in [6, 6.07) is 0. The molecule has 0 unspecified atom stereocenters. The molecule has 0 aromatic rings. The Balaban J connectivity index is 1.69. The van der Waals surface area contributed by atoms with E-state index >= 15 is 0 Å². The molecule has 0 atom stereocenters. The summed E-state index contributed by atoms with van der Waals surface area (Å²) >= 11 is 0. The molecule has 2 heterocycles. The van der Waals surface area contributed by atoms with Gasteiger partial charge in [-0.1, -0.05) is 6.42 Å². The van der Waals surface area contributed by atoms with Crippen LogP contribution in [-0.2, 0) is 0 Å². The fourth-order valence-corrected chi connectivity index (χ4v) is 2.64. The summed E-state index contributed by atoms with van der Waals surface area (Å²) in [7, 11) is 0. The van der Waals surface area contributed by atoms with Gasteiger partial charge >= 0.3 is 0 Å². The van der Waals surface area contributed by atoms with Gasteiger partial charge in [0.25, 0.3) is 0 Å². The van der Waals surface area contributed by atoms with Crippen molar-refractivity contribution >= 4 is 0 Å². The number of rotatable bonds is 2. The van der Waals surface area contributed by atoms with Crippen LogP contribution in [0.15, 0.2) is 0 Å². The summed E-state index contributed by atoms with van der Waals surface area (Å²) in [5, 5.41) is 0. The van der Waals surface area contributed by atoms with E-state index in [1.165, 1.54) is 71.4 Å². The Morgan fingerprint density at radius 3 is 2.08 bits per heavy atom. The number of likely N-dealkylation sites (tertiary alicyclic amines) is 2. The average Bonchev–Trinajstić information content (AvgIpc) is 2.21. The largest absolute Gasteiger partial charge is 0.322 e. The molecule has 0 aromatic carbocycles. The van der Waals surface area contributed by atoms with E-state index < -0.39 is 0 Å². The lowest BCUT2D eigenvalue weighted by atomic mass is 10.1. The van der Waals surface area contributed by atoms with Gasteiger partial charge in [-0.2, -0.15) is 0 Å². The first-order valence-electron chi connectivity index (χ1n) is 6.01. The van der Waals surface area contributed by atoms with Crippen molar-refractivity contribution in [3.05, 3.63) is 0 Å². The summed E-state index contributed by atoms with van der Waals surface area (Å²) in [6.07, 6.45) is 8.74. The maximum Gasteiger partial charge on any atom is 0.133 e. The zero-order chi connectivity index (χ0) is 8.93. The normalized spacial score (nSPS) is 27.7. The number of quaternary nitrogens is 1. The molecule has 13 heavy (non-hydrogen) atoms. The van der Waals surface area contributed by atoms with Crippen molar-refractivity contribution in [3.8, 4) is 0 Å². The molecule has 0 aromatic heterocycles. The Labute approximate surface area is 81.9 Å². The molecule has 2 aliphatic rings. The third-order valence-electron chi connectivity index (χ3n) is 3.46. The minimum absolute atomic E-state index is 1.33. The molecular formula is C11H23N2+. The maximum absolute atomic E-state index is 2.67. The van der Waals surface area contributed by atoms with Crippen molar-refractivity contribution in [2.45, 2.75) is 38.5 Å². The van der Waals surface area contributed by atoms with Crippen LogP contribution >= 0.6 is 0 Å². The quantitative estimate of drug-likeness (QED) is 0.655. The Morgan fingerprint density at radius 1 is 0.769 bits per heavy atom. The predicted octanol–water partition coefficient (Wildman–Crippen LogP) is 0.499. The van der Waals surface area contributed by atoms with Crippen LogP contribution in [0.5, 0.6) is 0 Å². The monoisotopic (exact) mass is 183 g/mol. The van der Waals surface area contributed by atoms with Gasteiger partial charge < -0.3 is 4.90 Å². The van der Waals surface area contributed by atoms with E-state index in [0.29, 0.717) is 0 Å². The van der Waals surface area contributed by atoms with Crippen LogP contribution in [0.4, 0.5) is 0 Å². The number of nitrogens with zero attached hydrogens (tertiary/aromatic N) is 1. The molecule has 0 radical (unpaired) electrons. The Kier molecular flexibility index (Phi) is 3.62. The van der Waals surface area contributed by atoms with Gasteiger partial charge in [-0.05, 0) is 32.1 Å². The van der Waals surface area contributed by atoms with Gasteiger partial charge in [0.2, 0.25) is 0 Å². The molecular weight excluding hydrogens is 160 g/mol. The zero-order valence-corrected chi connectivity index (χ0v) is 8.73. The highest BCUT2D eigenvalue weighted by Crippen LogP contribution is 2.06. The lowest BCUT2D eigenvalue weighted by Gasteiger charge is -2.32. The molecule has 2 aliphatic heterocycles. The maximum atomic E-state index is 2.67. The van der Waals surface area contributed by atoms with Gasteiger partial charge in [0.1, 0.15) is 6.67 Å². The van der Waals surface area contributed by atoms with Crippen LogP contribution in [-0.4, -0.2) is 37.7 Å². The summed E-state index contributed by atoms with van der Waals surface area (Å²) in [5.41, 5.74) is 0. The zero-order valence-electron chi connectivity index (χ0n) is 8.73. The molecule has 2 nitrogen and oxygen atoms in total. The minimum atomic E-state index is 1.33. The van der Waals surface area contributed by atoms with Crippen LogP contribution < -0.4 is 4.90 Å². The minimum Gasteiger partial charge on any atom is -0.322 e. The van der Waals surface area contributed by atoms with E-state index in [0.717, 1.165) is 0 Å². The first-order chi connectivity index (χ1) is 6.45. The topological polar surface area (TPSA) is 7.68 Å². The van der Waals surface area contributed by atoms with Gasteiger partial charge in [0.05, 0.1) is 13.1 Å². The van der Waals surface area contributed by atoms with Crippen LogP contribution in [0.1, 0.15) is 38.5 Å². The Morgan fingerprint density at radius 2 is 1.38 bits per heavy atom. The summed E-state index contributed by atoms with van der Waals surface area (Å²) in [6.45, 7) is 6.92. The van der Waals surface area contributed by atoms with Gasteiger partial charge in [-0.15, -0.1) is 0 Å². The Bertz CT molecular complexity index is 119. The van der Waals surface area contributed by atoms with E-state index in [1.54, 1.807) is 0 Å². The van der Waals surface area contributed by atoms with E-state index in [-0.39, 0.29) is 0 Å². The molecule has 0 aliphatic carbocycles. The van der Waals surface area contributed by atoms with E-state index in [9.17, 15) is 0 Å². The molecule has 0 bridgehead atoms. The van der Waals surface area contributed by atoms with Crippen LogP contribution in [0.3, 0.4) is 0 Å². The van der Waals surface area contributed by atoms with Crippen molar-refractivity contribution in [1.29, 1.82) is 0 Å². The molecule has 1 N–H and O–H groups in total. The summed E-state index contributed by atoms with van der Waals surface area (Å²) < 4.78 is 0. The average molecular weight is 183 g/mol. The third-order valence-corrected chi connectivity index (χ3v) is 3.46. The van der Waals surface area contributed by atoms with E-state index in [2.05, 4.69) is 4.90 Å². The smallest absolute Gasteiger partial charge is 0.133 e. The second kappa shape index (κ2) is 4.97. The highest BCUT2D eigenvalue weighted by molar-refractivity contribution is 4.60. The lowest BCUT2D eigenvalue weighted by Crippen LogP contribution is -3.14. The summed E-state index contributed by atoms with van der Waals surface area (Å²) in [4.78, 5) is 4.51. The van der Waals surface area contributed by atoms with Crippen LogP contribution in [0.2, 0.25) is 0 Å². The van der Waals surface area contributed by atoms with Crippen molar-refractivity contribution < 1.29 is 4.90 Å². The molecule has 2 fully saturated rings. The fourth-order valence-electron chi connectivity index (χ4n) is 2.64. The third kappa shape index (κ3) is 2.96. The highest BCUT2D eigenvalue weighted by atomic mass is 15.3. The first kappa shape index (κ1) is 9.47. The molecule has 76 valence electrons. The van der Waals surface area contributed by atoms with Crippen molar-refractivity contribution in [3.63, 3.8) is 0 Å². The number of hydrogen-bond acceptors (Lipinski definition) is 1. The highest BCUT2D eigenvalue weighted by Gasteiger charge is 2.18. The number of hydrogen-bond donors (Lipinski definition) is 1. The number of nitrogens with one attached hydrogen (secondary N) is 1. The standard InChI is InChI=1S/C11H22N2/c1-3-7-12(8-4-1)11-13-9-5-2-6-10-13/h1-11H2/p+1. The van der Waals surface area contributed by atoms with E-state index in [1.807, 2.05) is 4.90 Å². The van der Waals surface area contributed by atoms with Crippen LogP contribution in [0.25, 0.3) is 0 Å². The second-order valence-corrected chi connectivity index (χ2v) is 4.65. The van der Waals surface area contributed by atoms with Gasteiger partial charge in [-0.25, -0.2) is 0 Å². The molecule has 2 heteroatoms. The Hall–Kier alpha value is -0.0800. The van der Waals surface area contributed by atoms with Crippen molar-refractivity contribution in [2.75, 3.05) is 32.8 Å². The first-order valence-corrected chi connectivity index (χ1v) is 6.01. The SMILES string of the molecule is C1CCN(C[NH+]2CCCCC2)CC1. The number of piperidine rings is 2. The molecule has 0 spiro atoms. The molecule has 0 amide bonds. The molecule has 2 saturated heterocycles. The summed E-state index contributed by atoms with van der Waals surface area (Å²) in [5.74, 6) is 0. The molecule has 0 saturated carbocycles. The van der Waals surface area contributed by atoms with Crippen LogP contribution in [0, 0.1) is 0 Å². The molecule has 2 rings (SSSR count). The fraction of sp³-hybridized carbons (Fsp3) is 1.00.